The SMILES string of the molecule is COc1cc([N+](=O)[O-])cc2sc(NC(=O)c3sc4c([N+](=O)[O-])cccc4c3Cl)nc12. The number of ether oxygens (including phenoxy) is 1. The van der Waals surface area contributed by atoms with E-state index in [9.17, 15) is 25.0 Å². The zero-order chi connectivity index (χ0) is 21.6. The summed E-state index contributed by atoms with van der Waals surface area (Å²) in [5, 5.41) is 25.6. The Morgan fingerprint density at radius 1 is 1.20 bits per heavy atom. The average Bonchev–Trinajstić information content (AvgIpc) is 3.27. The highest BCUT2D eigenvalue weighted by atomic mass is 35.5. The third kappa shape index (κ3) is 3.30. The van der Waals surface area contributed by atoms with Gasteiger partial charge in [0.25, 0.3) is 17.3 Å². The predicted molar refractivity (Wildman–Crippen MR) is 114 cm³/mol. The summed E-state index contributed by atoms with van der Waals surface area (Å²) in [6.45, 7) is 0. The molecule has 30 heavy (non-hydrogen) atoms. The summed E-state index contributed by atoms with van der Waals surface area (Å²) in [5.41, 5.74) is 0.0534. The van der Waals surface area contributed by atoms with Crippen molar-refractivity contribution >= 4 is 77.0 Å². The minimum atomic E-state index is -0.594. The number of rotatable bonds is 5. The number of fused-ring (bicyclic) bond motifs is 2. The molecule has 0 aliphatic rings. The van der Waals surface area contributed by atoms with Crippen molar-refractivity contribution in [3.05, 3.63) is 60.5 Å². The van der Waals surface area contributed by atoms with E-state index in [1.165, 1.54) is 31.4 Å². The highest BCUT2D eigenvalue weighted by molar-refractivity contribution is 7.23. The second-order valence-corrected chi connectivity index (χ2v) is 8.31. The van der Waals surface area contributed by atoms with E-state index in [0.717, 1.165) is 22.7 Å². The number of nitrogens with zero attached hydrogens (tertiary/aromatic N) is 3. The number of anilines is 1. The lowest BCUT2D eigenvalue weighted by molar-refractivity contribution is -0.384. The number of methoxy groups -OCH3 is 1. The van der Waals surface area contributed by atoms with Crippen LogP contribution in [-0.4, -0.2) is 27.8 Å². The van der Waals surface area contributed by atoms with Gasteiger partial charge in [-0.15, -0.1) is 11.3 Å². The summed E-state index contributed by atoms with van der Waals surface area (Å²) in [5.74, 6) is -0.394. The van der Waals surface area contributed by atoms with Crippen LogP contribution in [0.3, 0.4) is 0 Å². The molecule has 0 bridgehead atoms. The average molecular weight is 465 g/mol. The van der Waals surface area contributed by atoms with E-state index in [2.05, 4.69) is 10.3 Å². The van der Waals surface area contributed by atoms with Crippen molar-refractivity contribution in [2.75, 3.05) is 12.4 Å². The summed E-state index contributed by atoms with van der Waals surface area (Å²) >= 11 is 8.22. The second kappa shape index (κ2) is 7.48. The molecule has 4 aromatic rings. The zero-order valence-corrected chi connectivity index (χ0v) is 17.3. The topological polar surface area (TPSA) is 138 Å². The van der Waals surface area contributed by atoms with E-state index in [1.807, 2.05) is 0 Å². The van der Waals surface area contributed by atoms with E-state index in [4.69, 9.17) is 16.3 Å². The molecule has 0 unspecified atom stereocenters. The van der Waals surface area contributed by atoms with Crippen LogP contribution in [0.2, 0.25) is 5.02 Å². The second-order valence-electron chi connectivity index (χ2n) is 5.88. The van der Waals surface area contributed by atoms with Crippen LogP contribution < -0.4 is 10.1 Å². The van der Waals surface area contributed by atoms with Gasteiger partial charge in [-0.2, -0.15) is 0 Å². The molecule has 2 aromatic heterocycles. The molecule has 0 aliphatic carbocycles. The normalized spacial score (nSPS) is 11.0. The first-order chi connectivity index (χ1) is 14.3. The number of aromatic nitrogens is 1. The molecule has 0 fully saturated rings. The lowest BCUT2D eigenvalue weighted by atomic mass is 10.2. The van der Waals surface area contributed by atoms with Gasteiger partial charge in [0.1, 0.15) is 15.1 Å². The van der Waals surface area contributed by atoms with Crippen molar-refractivity contribution in [3.63, 3.8) is 0 Å². The Morgan fingerprint density at radius 3 is 2.63 bits per heavy atom. The number of non-ortho nitro benzene ring substituents is 2. The third-order valence-electron chi connectivity index (χ3n) is 4.13. The first-order valence-corrected chi connectivity index (χ1v) is 10.1. The van der Waals surface area contributed by atoms with Crippen molar-refractivity contribution in [3.8, 4) is 5.75 Å². The van der Waals surface area contributed by atoms with Crippen LogP contribution in [0, 0.1) is 20.2 Å². The Kier molecular flexibility index (Phi) is 4.97. The van der Waals surface area contributed by atoms with Gasteiger partial charge in [-0.3, -0.25) is 30.3 Å². The fourth-order valence-electron chi connectivity index (χ4n) is 2.82. The molecular formula is C17H9ClN4O6S2. The summed E-state index contributed by atoms with van der Waals surface area (Å²) in [6, 6.07) is 7.01. The van der Waals surface area contributed by atoms with E-state index in [0.29, 0.717) is 20.3 Å². The highest BCUT2D eigenvalue weighted by Gasteiger charge is 2.24. The van der Waals surface area contributed by atoms with Gasteiger partial charge in [-0.05, 0) is 0 Å². The molecule has 0 atom stereocenters. The molecule has 1 amide bonds. The number of hydrogen-bond acceptors (Lipinski definition) is 9. The number of carbonyl (C=O) groups is 1. The largest absolute Gasteiger partial charge is 0.494 e. The predicted octanol–water partition coefficient (Wildman–Crippen LogP) is 5.24. The van der Waals surface area contributed by atoms with Crippen LogP contribution in [0.5, 0.6) is 5.75 Å². The monoisotopic (exact) mass is 464 g/mol. The number of nitro groups is 2. The first kappa shape index (κ1) is 19.9. The van der Waals surface area contributed by atoms with Gasteiger partial charge < -0.3 is 4.74 Å². The Labute approximate surface area is 180 Å². The van der Waals surface area contributed by atoms with Crippen molar-refractivity contribution in [1.82, 2.24) is 4.98 Å². The number of benzene rings is 2. The van der Waals surface area contributed by atoms with Gasteiger partial charge in [0, 0.05) is 17.5 Å². The maximum atomic E-state index is 12.8. The van der Waals surface area contributed by atoms with Crippen molar-refractivity contribution in [2.45, 2.75) is 0 Å². The maximum Gasteiger partial charge on any atom is 0.287 e. The number of amides is 1. The van der Waals surface area contributed by atoms with Gasteiger partial charge in [0.2, 0.25) is 0 Å². The fourth-order valence-corrected chi connectivity index (χ4v) is 5.22. The van der Waals surface area contributed by atoms with Gasteiger partial charge in [-0.25, -0.2) is 4.98 Å². The van der Waals surface area contributed by atoms with Gasteiger partial charge in [0.05, 0.1) is 32.7 Å². The molecule has 10 nitrogen and oxygen atoms in total. The van der Waals surface area contributed by atoms with E-state index >= 15 is 0 Å². The van der Waals surface area contributed by atoms with Crippen molar-refractivity contribution < 1.29 is 19.4 Å². The van der Waals surface area contributed by atoms with Crippen LogP contribution >= 0.6 is 34.3 Å². The number of thiophene rings is 1. The molecular weight excluding hydrogens is 456 g/mol. The van der Waals surface area contributed by atoms with E-state index in [1.54, 1.807) is 6.07 Å². The fraction of sp³-hybridized carbons (Fsp3) is 0.0588. The molecule has 152 valence electrons. The van der Waals surface area contributed by atoms with Crippen LogP contribution in [0.4, 0.5) is 16.5 Å². The molecule has 2 heterocycles. The maximum absolute atomic E-state index is 12.8. The summed E-state index contributed by atoms with van der Waals surface area (Å²) in [4.78, 5) is 38.4. The Morgan fingerprint density at radius 2 is 1.97 bits per heavy atom. The standard InChI is InChI=1S/C17H9ClN4O6S2/c1-28-10-5-7(21(24)25)6-11-13(10)19-17(29-11)20-16(23)15-12(18)8-3-2-4-9(22(26)27)14(8)30-15/h2-6H,1H3,(H,19,20,23). The molecule has 2 aromatic carbocycles. The van der Waals surface area contributed by atoms with Crippen molar-refractivity contribution in [2.24, 2.45) is 0 Å². The van der Waals surface area contributed by atoms with Gasteiger partial charge in [0.15, 0.2) is 10.9 Å². The Balaban J connectivity index is 1.73. The van der Waals surface area contributed by atoms with Crippen LogP contribution in [0.25, 0.3) is 20.3 Å². The van der Waals surface area contributed by atoms with Crippen LogP contribution in [-0.2, 0) is 0 Å². The molecule has 0 saturated carbocycles. The van der Waals surface area contributed by atoms with Crippen molar-refractivity contribution in [1.29, 1.82) is 0 Å². The molecule has 0 spiro atoms. The molecule has 0 radical (unpaired) electrons. The lowest BCUT2D eigenvalue weighted by Gasteiger charge is -2.00. The summed E-state index contributed by atoms with van der Waals surface area (Å²) in [7, 11) is 1.36. The van der Waals surface area contributed by atoms with E-state index < -0.39 is 15.8 Å². The third-order valence-corrected chi connectivity index (χ3v) is 6.78. The first-order valence-electron chi connectivity index (χ1n) is 8.10. The number of hydrogen-bond donors (Lipinski definition) is 1. The highest BCUT2D eigenvalue weighted by Crippen LogP contribution is 2.41. The number of nitrogens with one attached hydrogen (secondary N) is 1. The quantitative estimate of drug-likeness (QED) is 0.314. The zero-order valence-electron chi connectivity index (χ0n) is 14.9. The van der Waals surface area contributed by atoms with E-state index in [-0.39, 0.29) is 32.2 Å². The molecule has 13 heteroatoms. The molecule has 0 aliphatic heterocycles. The minimum absolute atomic E-state index is 0.0955. The number of nitro benzene ring substituents is 2. The number of halogens is 1. The van der Waals surface area contributed by atoms with Crippen LogP contribution in [0.15, 0.2) is 30.3 Å². The number of thiazole rings is 1. The smallest absolute Gasteiger partial charge is 0.287 e. The van der Waals surface area contributed by atoms with Gasteiger partial charge >= 0.3 is 0 Å². The molecule has 0 saturated heterocycles. The summed E-state index contributed by atoms with van der Waals surface area (Å²) in [6.07, 6.45) is 0. The Hall–Kier alpha value is -3.35. The molecule has 4 rings (SSSR count). The summed E-state index contributed by atoms with van der Waals surface area (Å²) < 4.78 is 5.90. The number of carbonyl (C=O) groups excluding carboxylic acids is 1. The van der Waals surface area contributed by atoms with Gasteiger partial charge in [-0.1, -0.05) is 35.1 Å². The minimum Gasteiger partial charge on any atom is -0.494 e. The van der Waals surface area contributed by atoms with Crippen LogP contribution in [0.1, 0.15) is 9.67 Å². The lowest BCUT2D eigenvalue weighted by Crippen LogP contribution is -2.10. The molecule has 1 N–H and O–H groups in total. The Bertz CT molecular complexity index is 1370.